The first-order valence-corrected chi connectivity index (χ1v) is 10.3. The Morgan fingerprint density at radius 3 is 2.04 bits per heavy atom. The summed E-state index contributed by atoms with van der Waals surface area (Å²) in [6, 6.07) is 20.6. The number of para-hydroxylation sites is 2. The van der Waals surface area contributed by atoms with Gasteiger partial charge in [0.05, 0.1) is 34.4 Å². The summed E-state index contributed by atoms with van der Waals surface area (Å²) in [5, 5.41) is 5.38. The fourth-order valence-corrected chi connectivity index (χ4v) is 3.75. The molecule has 0 fully saturated rings. The van der Waals surface area contributed by atoms with Crippen LogP contribution >= 0.6 is 0 Å². The van der Waals surface area contributed by atoms with Gasteiger partial charge in [0.1, 0.15) is 5.75 Å². The first kappa shape index (κ1) is 17.3. The molecule has 1 aromatic heterocycles. The molecule has 136 valence electrons. The van der Waals surface area contributed by atoms with Crippen molar-refractivity contribution in [1.82, 2.24) is 4.98 Å². The molecule has 0 unspecified atom stereocenters. The molecule has 27 heavy (non-hydrogen) atoms. The third-order valence-electron chi connectivity index (χ3n) is 4.45. The zero-order valence-electron chi connectivity index (χ0n) is 14.9. The molecule has 1 heterocycles. The second-order valence-corrected chi connectivity index (χ2v) is 8.30. The lowest BCUT2D eigenvalue weighted by Gasteiger charge is -2.16. The van der Waals surface area contributed by atoms with Gasteiger partial charge in [-0.25, -0.2) is 13.4 Å². The third-order valence-corrected chi connectivity index (χ3v) is 5.56. The molecule has 1 N–H and O–H groups in total. The van der Waals surface area contributed by atoms with Gasteiger partial charge in [-0.1, -0.05) is 36.4 Å². The van der Waals surface area contributed by atoms with E-state index < -0.39 is 9.84 Å². The molecule has 4 rings (SSSR count). The van der Waals surface area contributed by atoms with Crippen molar-refractivity contribution in [3.05, 3.63) is 66.7 Å². The van der Waals surface area contributed by atoms with Gasteiger partial charge in [0.25, 0.3) is 0 Å². The minimum Gasteiger partial charge on any atom is -0.495 e. The zero-order valence-corrected chi connectivity index (χ0v) is 15.7. The molecule has 6 heteroatoms. The van der Waals surface area contributed by atoms with Crippen LogP contribution in [-0.2, 0) is 9.84 Å². The molecule has 0 saturated heterocycles. The second-order valence-electron chi connectivity index (χ2n) is 6.28. The molecule has 0 spiro atoms. The van der Waals surface area contributed by atoms with Gasteiger partial charge in [-0.15, -0.1) is 0 Å². The Labute approximate surface area is 157 Å². The van der Waals surface area contributed by atoms with Crippen LogP contribution in [0.5, 0.6) is 5.75 Å². The number of ether oxygens (including phenoxy) is 1. The Bertz CT molecular complexity index is 1210. The highest BCUT2D eigenvalue weighted by atomic mass is 32.2. The highest BCUT2D eigenvalue weighted by Gasteiger charge is 2.14. The number of aromatic nitrogens is 1. The number of pyridine rings is 1. The molecule has 0 aliphatic carbocycles. The predicted molar refractivity (Wildman–Crippen MR) is 109 cm³/mol. The standard InChI is InChI=1S/C21H18N2O3S/c1-26-20-13-14(27(2,24)25)11-12-19(20)23-21-15-7-3-5-9-17(15)22-18-10-6-4-8-16(18)21/h3-13H,1-2H3,(H,22,23). The Morgan fingerprint density at radius 1 is 0.889 bits per heavy atom. The van der Waals surface area contributed by atoms with Gasteiger partial charge in [-0.05, 0) is 24.3 Å². The maximum absolute atomic E-state index is 11.8. The first-order valence-electron chi connectivity index (χ1n) is 8.40. The number of rotatable bonds is 4. The van der Waals surface area contributed by atoms with Crippen LogP contribution in [0.25, 0.3) is 21.8 Å². The smallest absolute Gasteiger partial charge is 0.175 e. The quantitative estimate of drug-likeness (QED) is 0.528. The van der Waals surface area contributed by atoms with Gasteiger partial charge in [0, 0.05) is 23.1 Å². The summed E-state index contributed by atoms with van der Waals surface area (Å²) in [6.45, 7) is 0. The second kappa shape index (κ2) is 6.55. The van der Waals surface area contributed by atoms with E-state index in [0.29, 0.717) is 11.4 Å². The average Bonchev–Trinajstić information content (AvgIpc) is 2.67. The number of nitrogens with zero attached hydrogens (tertiary/aromatic N) is 1. The molecular weight excluding hydrogens is 360 g/mol. The van der Waals surface area contributed by atoms with Crippen molar-refractivity contribution >= 4 is 43.0 Å². The van der Waals surface area contributed by atoms with Gasteiger partial charge in [0.2, 0.25) is 0 Å². The number of nitrogens with one attached hydrogen (secondary N) is 1. The molecule has 0 aliphatic heterocycles. The zero-order chi connectivity index (χ0) is 19.0. The number of methoxy groups -OCH3 is 1. The highest BCUT2D eigenvalue weighted by Crippen LogP contribution is 2.36. The van der Waals surface area contributed by atoms with Crippen molar-refractivity contribution in [2.24, 2.45) is 0 Å². The monoisotopic (exact) mass is 378 g/mol. The number of hydrogen-bond donors (Lipinski definition) is 1. The van der Waals surface area contributed by atoms with E-state index in [1.807, 2.05) is 48.5 Å². The maximum atomic E-state index is 11.8. The lowest BCUT2D eigenvalue weighted by Crippen LogP contribution is -2.01. The fraction of sp³-hybridized carbons (Fsp3) is 0.0952. The Morgan fingerprint density at radius 2 is 1.48 bits per heavy atom. The molecule has 0 saturated carbocycles. The number of sulfone groups is 1. The van der Waals surface area contributed by atoms with Crippen LogP contribution in [0.2, 0.25) is 0 Å². The normalized spacial score (nSPS) is 11.6. The van der Waals surface area contributed by atoms with Crippen LogP contribution < -0.4 is 10.1 Å². The van der Waals surface area contributed by atoms with Crippen LogP contribution in [0, 0.1) is 0 Å². The van der Waals surface area contributed by atoms with Crippen molar-refractivity contribution < 1.29 is 13.2 Å². The summed E-state index contributed by atoms with van der Waals surface area (Å²) in [5.41, 5.74) is 3.35. The maximum Gasteiger partial charge on any atom is 0.175 e. The van der Waals surface area contributed by atoms with Crippen molar-refractivity contribution in [1.29, 1.82) is 0 Å². The number of benzene rings is 3. The van der Waals surface area contributed by atoms with Crippen LogP contribution in [-0.4, -0.2) is 26.8 Å². The fourth-order valence-electron chi connectivity index (χ4n) is 3.11. The van der Waals surface area contributed by atoms with E-state index in [4.69, 9.17) is 9.72 Å². The van der Waals surface area contributed by atoms with E-state index >= 15 is 0 Å². The molecule has 0 radical (unpaired) electrons. The minimum atomic E-state index is -3.31. The van der Waals surface area contributed by atoms with Crippen molar-refractivity contribution in [3.63, 3.8) is 0 Å². The number of fused-ring (bicyclic) bond motifs is 2. The summed E-state index contributed by atoms with van der Waals surface area (Å²) in [7, 11) is -1.79. The van der Waals surface area contributed by atoms with E-state index in [9.17, 15) is 8.42 Å². The Hall–Kier alpha value is -3.12. The van der Waals surface area contributed by atoms with Crippen LogP contribution in [0.3, 0.4) is 0 Å². The van der Waals surface area contributed by atoms with Crippen molar-refractivity contribution in [3.8, 4) is 5.75 Å². The van der Waals surface area contributed by atoms with Crippen molar-refractivity contribution in [2.45, 2.75) is 4.90 Å². The molecule has 0 atom stereocenters. The summed E-state index contributed by atoms with van der Waals surface area (Å²) < 4.78 is 29.1. The molecule has 3 aromatic carbocycles. The summed E-state index contributed by atoms with van der Waals surface area (Å²) in [6.07, 6.45) is 1.18. The van der Waals surface area contributed by atoms with Crippen LogP contribution in [0.1, 0.15) is 0 Å². The van der Waals surface area contributed by atoms with E-state index in [1.54, 1.807) is 12.1 Å². The molecule has 0 bridgehead atoms. The van der Waals surface area contributed by atoms with Crippen LogP contribution in [0.15, 0.2) is 71.6 Å². The topological polar surface area (TPSA) is 68.3 Å². The third kappa shape index (κ3) is 3.19. The SMILES string of the molecule is COc1cc(S(C)(=O)=O)ccc1Nc1c2ccccc2nc2ccccc12. The van der Waals surface area contributed by atoms with Gasteiger partial charge >= 0.3 is 0 Å². The first-order chi connectivity index (χ1) is 13.0. The Balaban J connectivity index is 1.93. The molecule has 0 amide bonds. The van der Waals surface area contributed by atoms with Gasteiger partial charge in [0.15, 0.2) is 9.84 Å². The molecule has 5 nitrogen and oxygen atoms in total. The van der Waals surface area contributed by atoms with E-state index in [2.05, 4.69) is 5.32 Å². The number of anilines is 2. The lowest BCUT2D eigenvalue weighted by atomic mass is 10.1. The number of hydrogen-bond acceptors (Lipinski definition) is 5. The minimum absolute atomic E-state index is 0.217. The molecule has 0 aliphatic rings. The van der Waals surface area contributed by atoms with Crippen LogP contribution in [0.4, 0.5) is 11.4 Å². The van der Waals surface area contributed by atoms with E-state index in [1.165, 1.54) is 19.4 Å². The Kier molecular flexibility index (Phi) is 4.20. The van der Waals surface area contributed by atoms with Crippen molar-refractivity contribution in [2.75, 3.05) is 18.7 Å². The highest BCUT2D eigenvalue weighted by molar-refractivity contribution is 7.90. The average molecular weight is 378 g/mol. The lowest BCUT2D eigenvalue weighted by molar-refractivity contribution is 0.415. The summed E-state index contributed by atoms with van der Waals surface area (Å²) >= 11 is 0. The predicted octanol–water partition coefficient (Wildman–Crippen LogP) is 4.54. The van der Waals surface area contributed by atoms with Gasteiger partial charge < -0.3 is 10.1 Å². The molecular formula is C21H18N2O3S. The molecule has 4 aromatic rings. The summed E-state index contributed by atoms with van der Waals surface area (Å²) in [4.78, 5) is 4.94. The van der Waals surface area contributed by atoms with E-state index in [0.717, 1.165) is 27.5 Å². The summed E-state index contributed by atoms with van der Waals surface area (Å²) in [5.74, 6) is 0.461. The van der Waals surface area contributed by atoms with E-state index in [-0.39, 0.29) is 4.90 Å². The van der Waals surface area contributed by atoms with Gasteiger partial charge in [-0.2, -0.15) is 0 Å². The van der Waals surface area contributed by atoms with Gasteiger partial charge in [-0.3, -0.25) is 0 Å². The largest absolute Gasteiger partial charge is 0.495 e.